The van der Waals surface area contributed by atoms with Crippen LogP contribution in [0.4, 0.5) is 17.1 Å². The molecule has 9 nitrogen and oxygen atoms in total. The van der Waals surface area contributed by atoms with Crippen molar-refractivity contribution >= 4 is 69.4 Å². The zero-order valence-corrected chi connectivity index (χ0v) is 33.1. The van der Waals surface area contributed by atoms with Gasteiger partial charge in [-0.3, -0.25) is 14.4 Å². The number of anilines is 3. The van der Waals surface area contributed by atoms with E-state index in [9.17, 15) is 14.4 Å². The molecule has 55 heavy (non-hydrogen) atoms. The molecule has 0 fully saturated rings. The lowest BCUT2D eigenvalue weighted by Crippen LogP contribution is -2.06. The highest BCUT2D eigenvalue weighted by molar-refractivity contribution is 7.08. The van der Waals surface area contributed by atoms with Crippen LogP contribution in [-0.4, -0.2) is 39.1 Å². The molecule has 1 aromatic heterocycles. The van der Waals surface area contributed by atoms with Gasteiger partial charge in [0.05, 0.1) is 27.0 Å². The summed E-state index contributed by atoms with van der Waals surface area (Å²) < 4.78 is 16.5. The fourth-order valence-electron chi connectivity index (χ4n) is 6.72. The molecule has 2 aliphatic heterocycles. The molecule has 0 radical (unpaired) electrons. The molecule has 2 aliphatic rings. The number of carbonyl (C=O) groups is 3. The first-order valence-corrected chi connectivity index (χ1v) is 18.9. The highest BCUT2D eigenvalue weighted by Gasteiger charge is 2.26. The van der Waals surface area contributed by atoms with Crippen molar-refractivity contribution in [2.75, 3.05) is 37.3 Å². The number of nitrogens with one attached hydrogen (secondary N) is 3. The van der Waals surface area contributed by atoms with Gasteiger partial charge in [0, 0.05) is 46.1 Å². The Hall–Kier alpha value is -6.13. The number of carbonyl (C=O) groups excluding carboxylic acids is 3. The van der Waals surface area contributed by atoms with E-state index in [-0.39, 0.29) is 17.7 Å². The lowest BCUT2D eigenvalue weighted by molar-refractivity contribution is -0.114. The summed E-state index contributed by atoms with van der Waals surface area (Å²) in [5.41, 5.74) is 11.4. The summed E-state index contributed by atoms with van der Waals surface area (Å²) in [7, 11) is 5.00. The largest absolute Gasteiger partial charge is 0.497 e. The van der Waals surface area contributed by atoms with E-state index in [2.05, 4.69) is 61.2 Å². The van der Waals surface area contributed by atoms with Gasteiger partial charge in [-0.1, -0.05) is 39.8 Å². The van der Waals surface area contributed by atoms with Crippen molar-refractivity contribution in [1.29, 1.82) is 0 Å². The summed E-state index contributed by atoms with van der Waals surface area (Å²) >= 11 is 1.62. The van der Waals surface area contributed by atoms with Gasteiger partial charge in [-0.25, -0.2) is 0 Å². The number of thiophene rings is 1. The van der Waals surface area contributed by atoms with Crippen LogP contribution in [0, 0.1) is 0 Å². The van der Waals surface area contributed by atoms with Gasteiger partial charge in [0.15, 0.2) is 0 Å². The van der Waals surface area contributed by atoms with Crippen LogP contribution in [0.15, 0.2) is 83.6 Å². The van der Waals surface area contributed by atoms with E-state index in [0.29, 0.717) is 34.4 Å². The normalized spacial score (nSPS) is 14.3. The first-order valence-electron chi connectivity index (χ1n) is 18.0. The maximum atomic E-state index is 12.6. The van der Waals surface area contributed by atoms with Gasteiger partial charge in [0.25, 0.3) is 11.8 Å². The fraction of sp³-hybridized carbons (Fsp3) is 0.222. The van der Waals surface area contributed by atoms with Gasteiger partial charge in [-0.2, -0.15) is 11.3 Å². The topological polar surface area (TPSA) is 115 Å². The molecule has 0 saturated carbocycles. The summed E-state index contributed by atoms with van der Waals surface area (Å²) in [4.78, 5) is 36.3. The van der Waals surface area contributed by atoms with Crippen molar-refractivity contribution in [3.05, 3.63) is 117 Å². The number of methoxy groups -OCH3 is 3. The molecule has 0 aliphatic carbocycles. The summed E-state index contributed by atoms with van der Waals surface area (Å²) in [5, 5.41) is 12.6. The second-order valence-electron chi connectivity index (χ2n) is 13.9. The average molecular weight is 756 g/mol. The van der Waals surface area contributed by atoms with Crippen LogP contribution in [0.5, 0.6) is 17.2 Å². The molecular weight excluding hydrogens is 711 g/mol. The molecule has 0 saturated heterocycles. The SMILES string of the molecule is COc1ccc(C=C2C(=O)Nc3cc(NC(C)=O)ccc32)cc1-c1ccsc1.COc1ccc2c(c1)C(=Cc1cc(C(C)C)c(OC)c(C(C)C)c1)C(=O)N2. The smallest absolute Gasteiger partial charge is 0.256 e. The van der Waals surface area contributed by atoms with E-state index >= 15 is 0 Å². The van der Waals surface area contributed by atoms with Gasteiger partial charge >= 0.3 is 0 Å². The zero-order valence-electron chi connectivity index (χ0n) is 32.3. The zero-order chi connectivity index (χ0) is 39.4. The maximum Gasteiger partial charge on any atom is 0.256 e. The first kappa shape index (κ1) is 38.6. The molecule has 4 aromatic carbocycles. The number of hydrogen-bond donors (Lipinski definition) is 3. The molecule has 7 rings (SSSR count). The summed E-state index contributed by atoms with van der Waals surface area (Å²) in [6, 6.07) is 23.2. The number of rotatable bonds is 9. The van der Waals surface area contributed by atoms with E-state index in [0.717, 1.165) is 67.4 Å². The molecule has 0 unspecified atom stereocenters. The quantitative estimate of drug-likeness (QED) is 0.129. The summed E-state index contributed by atoms with van der Waals surface area (Å²) in [6.07, 6.45) is 3.83. The predicted octanol–water partition coefficient (Wildman–Crippen LogP) is 10.3. The summed E-state index contributed by atoms with van der Waals surface area (Å²) in [5.74, 6) is 2.70. The minimum absolute atomic E-state index is 0.0914. The lowest BCUT2D eigenvalue weighted by Gasteiger charge is -2.19. The van der Waals surface area contributed by atoms with Crippen LogP contribution >= 0.6 is 11.3 Å². The van der Waals surface area contributed by atoms with Crippen molar-refractivity contribution < 1.29 is 28.6 Å². The summed E-state index contributed by atoms with van der Waals surface area (Å²) in [6.45, 7) is 10.1. The second-order valence-corrected chi connectivity index (χ2v) is 14.7. The highest BCUT2D eigenvalue weighted by Crippen LogP contribution is 2.40. The lowest BCUT2D eigenvalue weighted by atomic mass is 9.90. The van der Waals surface area contributed by atoms with Crippen molar-refractivity contribution in [3.8, 4) is 28.4 Å². The molecule has 0 atom stereocenters. The molecule has 0 spiro atoms. The molecule has 0 bridgehead atoms. The number of hydrogen-bond acceptors (Lipinski definition) is 7. The molecule has 3 N–H and O–H groups in total. The third-order valence-electron chi connectivity index (χ3n) is 9.43. The van der Waals surface area contributed by atoms with Crippen LogP contribution in [0.2, 0.25) is 0 Å². The minimum Gasteiger partial charge on any atom is -0.497 e. The molecule has 3 heterocycles. The van der Waals surface area contributed by atoms with E-state index in [1.807, 2.05) is 66.1 Å². The number of benzene rings is 4. The van der Waals surface area contributed by atoms with Gasteiger partial charge < -0.3 is 30.2 Å². The van der Waals surface area contributed by atoms with Gasteiger partial charge in [0.2, 0.25) is 5.91 Å². The Labute approximate surface area is 326 Å². The molecule has 282 valence electrons. The average Bonchev–Trinajstić information content (AvgIpc) is 3.88. The predicted molar refractivity (Wildman–Crippen MR) is 224 cm³/mol. The van der Waals surface area contributed by atoms with E-state index in [4.69, 9.17) is 14.2 Å². The fourth-order valence-corrected chi connectivity index (χ4v) is 7.38. The molecule has 10 heteroatoms. The van der Waals surface area contributed by atoms with Crippen LogP contribution < -0.4 is 30.2 Å². The van der Waals surface area contributed by atoms with Gasteiger partial charge in [0.1, 0.15) is 17.2 Å². The maximum absolute atomic E-state index is 12.6. The molecular formula is C45H45N3O6S. The Morgan fingerprint density at radius 2 is 1.36 bits per heavy atom. The van der Waals surface area contributed by atoms with Crippen LogP contribution in [-0.2, 0) is 14.4 Å². The first-order chi connectivity index (χ1) is 26.4. The van der Waals surface area contributed by atoms with E-state index in [1.165, 1.54) is 6.92 Å². The van der Waals surface area contributed by atoms with Crippen LogP contribution in [0.1, 0.15) is 79.8 Å². The van der Waals surface area contributed by atoms with Gasteiger partial charge in [-0.15, -0.1) is 0 Å². The molecule has 5 aromatic rings. The number of amides is 3. The van der Waals surface area contributed by atoms with Crippen molar-refractivity contribution in [2.24, 2.45) is 0 Å². The monoisotopic (exact) mass is 755 g/mol. The van der Waals surface area contributed by atoms with Crippen molar-refractivity contribution in [3.63, 3.8) is 0 Å². The third-order valence-corrected chi connectivity index (χ3v) is 10.1. The number of ether oxygens (including phenoxy) is 3. The van der Waals surface area contributed by atoms with Crippen LogP contribution in [0.25, 0.3) is 34.4 Å². The Morgan fingerprint density at radius 3 is 1.96 bits per heavy atom. The molecule has 3 amide bonds. The third kappa shape index (κ3) is 8.34. The van der Waals surface area contributed by atoms with Crippen LogP contribution in [0.3, 0.4) is 0 Å². The Balaban J connectivity index is 0.000000187. The minimum atomic E-state index is -0.164. The van der Waals surface area contributed by atoms with Gasteiger partial charge in [-0.05, 0) is 123 Å². The van der Waals surface area contributed by atoms with E-state index < -0.39 is 0 Å². The highest BCUT2D eigenvalue weighted by atomic mass is 32.1. The number of fused-ring (bicyclic) bond motifs is 2. The van der Waals surface area contributed by atoms with E-state index in [1.54, 1.807) is 44.8 Å². The standard InChI is InChI=1S/C23H27NO3.C22H18N2O3S/c1-13(2)17-9-15(10-18(14(3)4)22(17)27-6)11-20-19-12-16(26-5)7-8-21(19)24-23(20)25;1-13(25)23-16-4-5-17-19(22(26)24-20(17)11-16)10-14-3-6-21(27-2)18(9-14)15-7-8-28-12-15/h7-14H,1-6H3,(H,24,25);3-12H,1-2H3,(H,23,25)(H,24,26). The second kappa shape index (κ2) is 16.5. The Bertz CT molecular complexity index is 2310. The van der Waals surface area contributed by atoms with Crippen molar-refractivity contribution in [2.45, 2.75) is 46.5 Å². The Morgan fingerprint density at radius 1 is 0.691 bits per heavy atom. The van der Waals surface area contributed by atoms with Crippen molar-refractivity contribution in [1.82, 2.24) is 0 Å². The Kier molecular flexibility index (Phi) is 11.6.